The van der Waals surface area contributed by atoms with Gasteiger partial charge in [-0.15, -0.1) is 11.3 Å². The number of hydrogen-bond acceptors (Lipinski definition) is 5. The van der Waals surface area contributed by atoms with Gasteiger partial charge < -0.3 is 10.4 Å². The number of carboxylic acid groups (broad SMARTS) is 1. The lowest BCUT2D eigenvalue weighted by molar-refractivity contribution is -0.136. The summed E-state index contributed by atoms with van der Waals surface area (Å²) in [5.74, 6) is 0.0615. The number of aliphatic carboxylic acids is 1. The van der Waals surface area contributed by atoms with Gasteiger partial charge in [0.1, 0.15) is 5.82 Å². The van der Waals surface area contributed by atoms with E-state index in [4.69, 9.17) is 5.11 Å². The summed E-state index contributed by atoms with van der Waals surface area (Å²) < 4.78 is 1.74. The van der Waals surface area contributed by atoms with Crippen LogP contribution in [0.3, 0.4) is 0 Å². The first-order valence-corrected chi connectivity index (χ1v) is 6.36. The van der Waals surface area contributed by atoms with Gasteiger partial charge in [0.05, 0.1) is 17.8 Å². The minimum Gasteiger partial charge on any atom is -0.481 e. The Morgan fingerprint density at radius 2 is 2.39 bits per heavy atom. The fourth-order valence-electron chi connectivity index (χ4n) is 1.55. The minimum absolute atomic E-state index is 0.105. The summed E-state index contributed by atoms with van der Waals surface area (Å²) >= 11 is 1.46. The van der Waals surface area contributed by atoms with Crippen LogP contribution in [0.25, 0.3) is 0 Å². The molecule has 0 spiro atoms. The molecule has 0 aliphatic carbocycles. The molecule has 2 N–H and O–H groups in total. The highest BCUT2D eigenvalue weighted by molar-refractivity contribution is 7.13. The molecule has 2 rings (SSSR count). The van der Waals surface area contributed by atoms with Gasteiger partial charge in [-0.25, -0.2) is 4.98 Å². The van der Waals surface area contributed by atoms with E-state index in [1.807, 2.05) is 25.4 Å². The molecule has 0 fully saturated rings. The van der Waals surface area contributed by atoms with E-state index in [2.05, 4.69) is 15.4 Å². The second-order valence-corrected chi connectivity index (χ2v) is 4.82. The lowest BCUT2D eigenvalue weighted by atomic mass is 10.2. The Kier molecular flexibility index (Phi) is 3.61. The standard InChI is InChI=1S/C11H14N4O2S/c1-7-5-9(15(2)14-7)13-11-12-8(6-18-11)3-4-10(16)17/h5-6H,3-4H2,1-2H3,(H,12,13)(H,16,17). The Bertz CT molecular complexity index is 561. The van der Waals surface area contributed by atoms with Crippen LogP contribution < -0.4 is 5.32 Å². The van der Waals surface area contributed by atoms with Crippen molar-refractivity contribution in [3.05, 3.63) is 22.8 Å². The number of anilines is 2. The summed E-state index contributed by atoms with van der Waals surface area (Å²) in [5.41, 5.74) is 1.73. The molecule has 0 bridgehead atoms. The van der Waals surface area contributed by atoms with E-state index >= 15 is 0 Å². The predicted molar refractivity (Wildman–Crippen MR) is 69.3 cm³/mol. The van der Waals surface area contributed by atoms with Crippen LogP contribution in [-0.4, -0.2) is 25.8 Å². The second kappa shape index (κ2) is 5.18. The van der Waals surface area contributed by atoms with Gasteiger partial charge in [0.15, 0.2) is 5.13 Å². The topological polar surface area (TPSA) is 80.0 Å². The Morgan fingerprint density at radius 1 is 1.61 bits per heavy atom. The van der Waals surface area contributed by atoms with Gasteiger partial charge in [-0.3, -0.25) is 9.48 Å². The van der Waals surface area contributed by atoms with Crippen LogP contribution in [0, 0.1) is 6.92 Å². The van der Waals surface area contributed by atoms with E-state index in [1.165, 1.54) is 11.3 Å². The van der Waals surface area contributed by atoms with Crippen LogP contribution in [-0.2, 0) is 18.3 Å². The third-order valence-corrected chi connectivity index (χ3v) is 3.19. The van der Waals surface area contributed by atoms with Gasteiger partial charge >= 0.3 is 5.97 Å². The van der Waals surface area contributed by atoms with Crippen molar-refractivity contribution >= 4 is 28.3 Å². The smallest absolute Gasteiger partial charge is 0.303 e. The number of nitrogens with zero attached hydrogens (tertiary/aromatic N) is 3. The molecule has 96 valence electrons. The summed E-state index contributed by atoms with van der Waals surface area (Å²) in [6, 6.07) is 1.93. The predicted octanol–water partition coefficient (Wildman–Crippen LogP) is 1.95. The van der Waals surface area contributed by atoms with Gasteiger partial charge in [0.25, 0.3) is 0 Å². The SMILES string of the molecule is Cc1cc(Nc2nc(CCC(=O)O)cs2)n(C)n1. The zero-order valence-corrected chi connectivity index (χ0v) is 11.0. The quantitative estimate of drug-likeness (QED) is 0.864. The Balaban J connectivity index is 2.02. The maximum atomic E-state index is 10.5. The number of hydrogen-bond donors (Lipinski definition) is 2. The summed E-state index contributed by atoms with van der Waals surface area (Å²) in [4.78, 5) is 14.8. The number of thiazole rings is 1. The fourth-order valence-corrected chi connectivity index (χ4v) is 2.30. The van der Waals surface area contributed by atoms with Gasteiger partial charge in [0.2, 0.25) is 0 Å². The first-order chi connectivity index (χ1) is 8.54. The molecule has 7 heteroatoms. The van der Waals surface area contributed by atoms with Gasteiger partial charge in [0, 0.05) is 24.9 Å². The minimum atomic E-state index is -0.806. The maximum Gasteiger partial charge on any atom is 0.303 e. The van der Waals surface area contributed by atoms with Crippen LogP contribution in [0.4, 0.5) is 10.9 Å². The molecule has 0 aliphatic heterocycles. The number of rotatable bonds is 5. The molecule has 0 aliphatic rings. The normalized spacial score (nSPS) is 10.6. The molecule has 6 nitrogen and oxygen atoms in total. The number of aryl methyl sites for hydroxylation is 3. The lowest BCUT2D eigenvalue weighted by Crippen LogP contribution is -2.00. The van der Waals surface area contributed by atoms with Crippen molar-refractivity contribution in [2.45, 2.75) is 19.8 Å². The van der Waals surface area contributed by atoms with Crippen LogP contribution >= 0.6 is 11.3 Å². The van der Waals surface area contributed by atoms with Crippen LogP contribution in [0.15, 0.2) is 11.4 Å². The highest BCUT2D eigenvalue weighted by Gasteiger charge is 2.07. The van der Waals surface area contributed by atoms with E-state index < -0.39 is 5.97 Å². The number of carbonyl (C=O) groups is 1. The molecule has 0 radical (unpaired) electrons. The van der Waals surface area contributed by atoms with Crippen molar-refractivity contribution in [1.82, 2.24) is 14.8 Å². The molecule has 18 heavy (non-hydrogen) atoms. The van der Waals surface area contributed by atoms with E-state index in [-0.39, 0.29) is 6.42 Å². The number of nitrogens with one attached hydrogen (secondary N) is 1. The fraction of sp³-hybridized carbons (Fsp3) is 0.364. The van der Waals surface area contributed by atoms with E-state index in [0.29, 0.717) is 6.42 Å². The first kappa shape index (κ1) is 12.6. The first-order valence-electron chi connectivity index (χ1n) is 5.48. The third-order valence-electron chi connectivity index (χ3n) is 2.38. The van der Waals surface area contributed by atoms with Gasteiger partial charge in [-0.2, -0.15) is 5.10 Å². The molecular weight excluding hydrogens is 252 g/mol. The average molecular weight is 266 g/mol. The van der Waals surface area contributed by atoms with E-state index in [9.17, 15) is 4.79 Å². The Morgan fingerprint density at radius 3 is 3.00 bits per heavy atom. The maximum absolute atomic E-state index is 10.5. The van der Waals surface area contributed by atoms with Crippen molar-refractivity contribution in [2.24, 2.45) is 7.05 Å². The lowest BCUT2D eigenvalue weighted by Gasteiger charge is -2.01. The molecule has 0 atom stereocenters. The highest BCUT2D eigenvalue weighted by atomic mass is 32.1. The Labute approximate surface area is 108 Å². The molecular formula is C11H14N4O2S. The molecule has 2 heterocycles. The van der Waals surface area contributed by atoms with Crippen LogP contribution in [0.1, 0.15) is 17.8 Å². The molecule has 0 unspecified atom stereocenters. The van der Waals surface area contributed by atoms with Gasteiger partial charge in [-0.1, -0.05) is 0 Å². The van der Waals surface area contributed by atoms with E-state index in [0.717, 1.165) is 22.3 Å². The van der Waals surface area contributed by atoms with E-state index in [1.54, 1.807) is 4.68 Å². The summed E-state index contributed by atoms with van der Waals surface area (Å²) in [5, 5.41) is 18.6. The highest BCUT2D eigenvalue weighted by Crippen LogP contribution is 2.21. The van der Waals surface area contributed by atoms with Crippen molar-refractivity contribution in [2.75, 3.05) is 5.32 Å². The monoisotopic (exact) mass is 266 g/mol. The molecule has 0 amide bonds. The van der Waals surface area contributed by atoms with Crippen molar-refractivity contribution < 1.29 is 9.90 Å². The van der Waals surface area contributed by atoms with Crippen molar-refractivity contribution in [1.29, 1.82) is 0 Å². The third kappa shape index (κ3) is 3.07. The second-order valence-electron chi connectivity index (χ2n) is 3.96. The molecule has 0 saturated heterocycles. The van der Waals surface area contributed by atoms with Gasteiger partial charge in [-0.05, 0) is 6.92 Å². The molecule has 2 aromatic heterocycles. The summed E-state index contributed by atoms with van der Waals surface area (Å²) in [6.07, 6.45) is 0.561. The van der Waals surface area contributed by atoms with Crippen molar-refractivity contribution in [3.8, 4) is 0 Å². The van der Waals surface area contributed by atoms with Crippen LogP contribution in [0.5, 0.6) is 0 Å². The zero-order valence-electron chi connectivity index (χ0n) is 10.2. The summed E-state index contributed by atoms with van der Waals surface area (Å²) in [6.45, 7) is 1.92. The molecule has 0 saturated carbocycles. The van der Waals surface area contributed by atoms with Crippen molar-refractivity contribution in [3.63, 3.8) is 0 Å². The Hall–Kier alpha value is -1.89. The molecule has 0 aromatic carbocycles. The average Bonchev–Trinajstić information content (AvgIpc) is 2.84. The summed E-state index contributed by atoms with van der Waals surface area (Å²) in [7, 11) is 1.86. The van der Waals surface area contributed by atoms with Crippen LogP contribution in [0.2, 0.25) is 0 Å². The number of carboxylic acids is 1. The molecule has 2 aromatic rings. The largest absolute Gasteiger partial charge is 0.481 e. The zero-order chi connectivity index (χ0) is 13.1. The number of aromatic nitrogens is 3.